The van der Waals surface area contributed by atoms with E-state index in [1.54, 1.807) is 6.26 Å². The zero-order valence-corrected chi connectivity index (χ0v) is 18.2. The number of carbonyl (C=O) groups is 6. The lowest BCUT2D eigenvalue weighted by molar-refractivity contribution is -0.143. The van der Waals surface area contributed by atoms with Gasteiger partial charge in [0.15, 0.2) is 0 Å². The first kappa shape index (κ1) is 28.1. The smallest absolute Gasteiger partial charge is 0.326 e. The lowest BCUT2D eigenvalue weighted by atomic mass is 10.1. The fraction of sp³-hybridized carbons (Fsp3) is 0.647. The molecule has 0 saturated carbocycles. The quantitative estimate of drug-likeness (QED) is 0.129. The van der Waals surface area contributed by atoms with Crippen LogP contribution in [-0.4, -0.2) is 76.8 Å². The van der Waals surface area contributed by atoms with Gasteiger partial charge in [-0.15, -0.1) is 0 Å². The number of carboxylic acid groups (broad SMARTS) is 1. The van der Waals surface area contributed by atoms with Gasteiger partial charge in [-0.1, -0.05) is 0 Å². The molecule has 14 heteroatoms. The van der Waals surface area contributed by atoms with Crippen LogP contribution in [0.4, 0.5) is 0 Å². The first-order chi connectivity index (χ1) is 14.4. The molecule has 4 atom stereocenters. The number of amides is 5. The van der Waals surface area contributed by atoms with Crippen LogP contribution >= 0.6 is 11.8 Å². The van der Waals surface area contributed by atoms with Crippen LogP contribution in [0.15, 0.2) is 0 Å². The van der Waals surface area contributed by atoms with Crippen molar-refractivity contribution in [2.45, 2.75) is 56.8 Å². The van der Waals surface area contributed by atoms with E-state index < -0.39 is 66.1 Å². The van der Waals surface area contributed by atoms with Gasteiger partial charge < -0.3 is 38.3 Å². The molecule has 4 unspecified atom stereocenters. The van der Waals surface area contributed by atoms with Gasteiger partial charge in [-0.2, -0.15) is 11.8 Å². The average molecular weight is 463 g/mol. The molecule has 5 amide bonds. The highest BCUT2D eigenvalue weighted by Gasteiger charge is 2.28. The molecule has 31 heavy (non-hydrogen) atoms. The molecule has 176 valence electrons. The second-order valence-electron chi connectivity index (χ2n) is 6.75. The molecule has 10 N–H and O–H groups in total. The van der Waals surface area contributed by atoms with Crippen LogP contribution in [-0.2, 0) is 28.8 Å². The number of hydrogen-bond donors (Lipinski definition) is 7. The second-order valence-corrected chi connectivity index (χ2v) is 7.74. The molecule has 0 bridgehead atoms. The summed E-state index contributed by atoms with van der Waals surface area (Å²) in [4.78, 5) is 69.9. The van der Waals surface area contributed by atoms with Crippen molar-refractivity contribution in [1.29, 1.82) is 0 Å². The van der Waals surface area contributed by atoms with Crippen LogP contribution in [0.3, 0.4) is 0 Å². The molecule has 0 rings (SSSR count). The third kappa shape index (κ3) is 11.8. The topological polar surface area (TPSA) is 237 Å². The third-order valence-corrected chi connectivity index (χ3v) is 4.70. The number of nitrogens with two attached hydrogens (primary N) is 3. The van der Waals surface area contributed by atoms with Crippen LogP contribution in [0.25, 0.3) is 0 Å². The Morgan fingerprint density at radius 3 is 1.94 bits per heavy atom. The molecule has 0 aliphatic heterocycles. The number of aliphatic carboxylic acids is 1. The van der Waals surface area contributed by atoms with Gasteiger partial charge >= 0.3 is 5.97 Å². The van der Waals surface area contributed by atoms with Gasteiger partial charge in [0.2, 0.25) is 29.5 Å². The van der Waals surface area contributed by atoms with Gasteiger partial charge in [0.1, 0.15) is 18.1 Å². The highest BCUT2D eigenvalue weighted by atomic mass is 32.2. The van der Waals surface area contributed by atoms with Gasteiger partial charge in [0, 0.05) is 6.42 Å². The summed E-state index contributed by atoms with van der Waals surface area (Å²) in [5.41, 5.74) is 15.7. The third-order valence-electron chi connectivity index (χ3n) is 4.05. The van der Waals surface area contributed by atoms with Crippen LogP contribution < -0.4 is 33.2 Å². The average Bonchev–Trinajstić information content (AvgIpc) is 2.67. The summed E-state index contributed by atoms with van der Waals surface area (Å²) in [5.74, 6) is -4.68. The Morgan fingerprint density at radius 2 is 1.45 bits per heavy atom. The van der Waals surface area contributed by atoms with E-state index in [-0.39, 0.29) is 19.3 Å². The Balaban J connectivity index is 5.02. The maximum absolute atomic E-state index is 12.6. The molecule has 13 nitrogen and oxygen atoms in total. The lowest BCUT2D eigenvalue weighted by Gasteiger charge is -2.23. The number of hydrogen-bond acceptors (Lipinski definition) is 8. The number of rotatable bonds is 15. The van der Waals surface area contributed by atoms with E-state index in [4.69, 9.17) is 22.3 Å². The van der Waals surface area contributed by atoms with Gasteiger partial charge in [-0.3, -0.25) is 24.0 Å². The molecule has 0 aromatic rings. The predicted octanol–water partition coefficient (Wildman–Crippen LogP) is -3.23. The second kappa shape index (κ2) is 14.2. The van der Waals surface area contributed by atoms with Gasteiger partial charge in [0.05, 0.1) is 12.5 Å². The zero-order chi connectivity index (χ0) is 24.1. The number of carbonyl (C=O) groups excluding carboxylic acids is 5. The highest BCUT2D eigenvalue weighted by Crippen LogP contribution is 2.04. The highest BCUT2D eigenvalue weighted by molar-refractivity contribution is 7.98. The molecule has 0 saturated heterocycles. The van der Waals surface area contributed by atoms with E-state index in [2.05, 4.69) is 16.0 Å². The Labute approximate surface area is 183 Å². The fourth-order valence-electron chi connectivity index (χ4n) is 2.29. The van der Waals surface area contributed by atoms with E-state index in [9.17, 15) is 28.8 Å². The molecule has 0 fully saturated rings. The molecule has 0 radical (unpaired) electrons. The van der Waals surface area contributed by atoms with E-state index >= 15 is 0 Å². The minimum absolute atomic E-state index is 0.00722. The number of carboxylic acids is 1. The van der Waals surface area contributed by atoms with Gasteiger partial charge in [0.25, 0.3) is 0 Å². The van der Waals surface area contributed by atoms with Crippen molar-refractivity contribution in [3.63, 3.8) is 0 Å². The molecular formula is C17H30N6O7S. The molecule has 0 heterocycles. The molecule has 0 aliphatic rings. The zero-order valence-electron chi connectivity index (χ0n) is 17.4. The van der Waals surface area contributed by atoms with Crippen molar-refractivity contribution in [2.75, 3.05) is 12.0 Å². The van der Waals surface area contributed by atoms with Crippen molar-refractivity contribution in [3.05, 3.63) is 0 Å². The van der Waals surface area contributed by atoms with Crippen LogP contribution in [0, 0.1) is 0 Å². The fourth-order valence-corrected chi connectivity index (χ4v) is 2.76. The Hall–Kier alpha value is -2.87. The normalized spacial score (nSPS) is 14.4. The molecular weight excluding hydrogens is 432 g/mol. The summed E-state index contributed by atoms with van der Waals surface area (Å²) in [6.07, 6.45) is 1.33. The first-order valence-electron chi connectivity index (χ1n) is 9.34. The molecule has 0 spiro atoms. The minimum Gasteiger partial charge on any atom is -0.480 e. The Kier molecular flexibility index (Phi) is 12.9. The van der Waals surface area contributed by atoms with Gasteiger partial charge in [-0.05, 0) is 31.8 Å². The Morgan fingerprint density at radius 1 is 0.871 bits per heavy atom. The molecule has 0 aromatic heterocycles. The summed E-state index contributed by atoms with van der Waals surface area (Å²) in [7, 11) is 0. The maximum atomic E-state index is 12.6. The van der Waals surface area contributed by atoms with Crippen molar-refractivity contribution in [3.8, 4) is 0 Å². The number of nitrogens with one attached hydrogen (secondary N) is 3. The maximum Gasteiger partial charge on any atom is 0.326 e. The van der Waals surface area contributed by atoms with Crippen LogP contribution in [0.5, 0.6) is 0 Å². The molecule has 0 aliphatic carbocycles. The molecule has 0 aromatic carbocycles. The standard InChI is InChI=1S/C17H30N6O7S/c1-8(14(26)23-11(17(29)30)7-13(20)25)21-16(28)10(5-6-31-2)22-15(27)9(18)3-4-12(19)24/h8-11H,3-7,18H2,1-2H3,(H2,19,24)(H2,20,25)(H,21,28)(H,22,27)(H,23,26)(H,29,30). The van der Waals surface area contributed by atoms with E-state index in [0.717, 1.165) is 0 Å². The van der Waals surface area contributed by atoms with Crippen LogP contribution in [0.1, 0.15) is 32.6 Å². The minimum atomic E-state index is -1.54. The number of thioether (sulfide) groups is 1. The summed E-state index contributed by atoms with van der Waals surface area (Å²) in [5, 5.41) is 16.0. The van der Waals surface area contributed by atoms with Crippen molar-refractivity contribution in [2.24, 2.45) is 17.2 Å². The van der Waals surface area contributed by atoms with E-state index in [0.29, 0.717) is 5.75 Å². The number of primary amides is 2. The van der Waals surface area contributed by atoms with Crippen molar-refractivity contribution >= 4 is 47.3 Å². The predicted molar refractivity (Wildman–Crippen MR) is 112 cm³/mol. The largest absolute Gasteiger partial charge is 0.480 e. The van der Waals surface area contributed by atoms with E-state index in [1.165, 1.54) is 18.7 Å². The Bertz CT molecular complexity index is 690. The summed E-state index contributed by atoms with van der Waals surface area (Å²) >= 11 is 1.43. The van der Waals surface area contributed by atoms with E-state index in [1.807, 2.05) is 0 Å². The van der Waals surface area contributed by atoms with Gasteiger partial charge in [-0.25, -0.2) is 4.79 Å². The van der Waals surface area contributed by atoms with Crippen molar-refractivity contribution < 1.29 is 33.9 Å². The summed E-state index contributed by atoms with van der Waals surface area (Å²) < 4.78 is 0. The monoisotopic (exact) mass is 462 g/mol. The first-order valence-corrected chi connectivity index (χ1v) is 10.7. The lowest BCUT2D eigenvalue weighted by Crippen LogP contribution is -2.56. The summed E-state index contributed by atoms with van der Waals surface area (Å²) in [6, 6.07) is -4.78. The van der Waals surface area contributed by atoms with Crippen molar-refractivity contribution in [1.82, 2.24) is 16.0 Å². The van der Waals surface area contributed by atoms with Crippen LogP contribution in [0.2, 0.25) is 0 Å². The summed E-state index contributed by atoms with van der Waals surface area (Å²) in [6.45, 7) is 1.31. The SMILES string of the molecule is CSCCC(NC(=O)C(N)CCC(N)=O)C(=O)NC(C)C(=O)NC(CC(N)=O)C(=O)O.